The Morgan fingerprint density at radius 3 is 2.23 bits per heavy atom. The Morgan fingerprint density at radius 2 is 1.49 bits per heavy atom. The summed E-state index contributed by atoms with van der Waals surface area (Å²) in [5.41, 5.74) is 2.20. The van der Waals surface area contributed by atoms with E-state index in [9.17, 15) is 19.2 Å². The van der Waals surface area contributed by atoms with E-state index in [1.54, 1.807) is 48.5 Å². The second-order valence-electron chi connectivity index (χ2n) is 10.9. The van der Waals surface area contributed by atoms with Crippen LogP contribution >= 0.6 is 11.6 Å². The first kappa shape index (κ1) is 26.9. The number of nitrogens with one attached hydrogen (secondary N) is 1. The zero-order valence-corrected chi connectivity index (χ0v) is 23.7. The van der Waals surface area contributed by atoms with Crippen LogP contribution in [0.5, 0.6) is 5.75 Å². The molecule has 4 aromatic rings. The Hall–Kier alpha value is -5.01. The minimum absolute atomic E-state index is 0.300. The zero-order chi connectivity index (χ0) is 29.9. The number of halogens is 1. The molecule has 1 N–H and O–H groups in total. The molecular formula is C35H25ClN2O5. The zero-order valence-electron chi connectivity index (χ0n) is 23.0. The van der Waals surface area contributed by atoms with Gasteiger partial charge >= 0.3 is 5.97 Å². The molecule has 7 rings (SSSR count). The number of hydrogen-bond acceptors (Lipinski definition) is 6. The first-order chi connectivity index (χ1) is 20.8. The number of anilines is 2. The van der Waals surface area contributed by atoms with Crippen LogP contribution in [0.25, 0.3) is 6.08 Å². The van der Waals surface area contributed by atoms with Crippen molar-refractivity contribution in [1.29, 1.82) is 0 Å². The summed E-state index contributed by atoms with van der Waals surface area (Å²) in [6.07, 6.45) is 3.89. The van der Waals surface area contributed by atoms with E-state index >= 15 is 0 Å². The van der Waals surface area contributed by atoms with E-state index in [0.717, 1.165) is 11.3 Å². The molecule has 0 bridgehead atoms. The van der Waals surface area contributed by atoms with Crippen molar-refractivity contribution in [3.63, 3.8) is 0 Å². The molecule has 1 spiro atoms. The summed E-state index contributed by atoms with van der Waals surface area (Å²) in [5.74, 6) is -2.27. The molecule has 0 radical (unpaired) electrons. The standard InChI is InChI=1S/C35H25ClN2O5/c1-20(39)43-25-17-12-23(13-18-25)33(41)31-30(32(40)22-10-15-24(36)16-11-22)35(26-7-3-4-8-27(26)37-34(35)42)29-19-14-21-6-2-5-9-28(21)38(29)31/h2-19,29-31H,1H3,(H,37,42). The fourth-order valence-electron chi connectivity index (χ4n) is 6.94. The number of hydrogen-bond donors (Lipinski definition) is 1. The molecule has 43 heavy (non-hydrogen) atoms. The van der Waals surface area contributed by atoms with Crippen LogP contribution in [0.15, 0.2) is 103 Å². The van der Waals surface area contributed by atoms with Gasteiger partial charge in [0.15, 0.2) is 11.6 Å². The van der Waals surface area contributed by atoms with Gasteiger partial charge in [-0.05, 0) is 71.8 Å². The van der Waals surface area contributed by atoms with Crippen LogP contribution in [-0.4, -0.2) is 35.5 Å². The highest BCUT2D eigenvalue weighted by molar-refractivity contribution is 6.30. The van der Waals surface area contributed by atoms with E-state index in [1.165, 1.54) is 6.92 Å². The van der Waals surface area contributed by atoms with Gasteiger partial charge in [-0.3, -0.25) is 19.2 Å². The van der Waals surface area contributed by atoms with Crippen LogP contribution in [0, 0.1) is 5.92 Å². The number of amides is 1. The number of Topliss-reactive ketones (excluding diaryl/α,β-unsaturated/α-hetero) is 2. The first-order valence-electron chi connectivity index (χ1n) is 13.9. The smallest absolute Gasteiger partial charge is 0.308 e. The maximum atomic E-state index is 14.8. The van der Waals surface area contributed by atoms with Crippen LogP contribution in [0.1, 0.15) is 38.8 Å². The normalized spacial score (nSPS) is 22.9. The summed E-state index contributed by atoms with van der Waals surface area (Å²) in [4.78, 5) is 57.3. The molecule has 4 unspecified atom stereocenters. The van der Waals surface area contributed by atoms with E-state index in [0.29, 0.717) is 33.1 Å². The molecule has 0 saturated carbocycles. The van der Waals surface area contributed by atoms with Gasteiger partial charge in [-0.2, -0.15) is 0 Å². The van der Waals surface area contributed by atoms with E-state index in [4.69, 9.17) is 16.3 Å². The largest absolute Gasteiger partial charge is 0.427 e. The maximum Gasteiger partial charge on any atom is 0.308 e. The molecule has 7 nitrogen and oxygen atoms in total. The molecule has 212 valence electrons. The van der Waals surface area contributed by atoms with E-state index in [2.05, 4.69) is 5.32 Å². The van der Waals surface area contributed by atoms with Gasteiger partial charge < -0.3 is 15.0 Å². The fourth-order valence-corrected chi connectivity index (χ4v) is 7.06. The lowest BCUT2D eigenvalue weighted by Crippen LogP contribution is -2.51. The first-order valence-corrected chi connectivity index (χ1v) is 14.3. The van der Waals surface area contributed by atoms with Crippen LogP contribution in [0.3, 0.4) is 0 Å². The number of benzene rings is 4. The summed E-state index contributed by atoms with van der Waals surface area (Å²) in [6.45, 7) is 1.30. The number of ketones is 2. The molecule has 4 atom stereocenters. The van der Waals surface area contributed by atoms with Gasteiger partial charge in [0.1, 0.15) is 17.2 Å². The third-order valence-corrected chi connectivity index (χ3v) is 8.87. The number of esters is 1. The molecular weight excluding hydrogens is 564 g/mol. The number of nitrogens with zero attached hydrogens (tertiary/aromatic N) is 1. The third-order valence-electron chi connectivity index (χ3n) is 8.62. The topological polar surface area (TPSA) is 92.8 Å². The molecule has 0 aromatic heterocycles. The van der Waals surface area contributed by atoms with E-state index < -0.39 is 29.4 Å². The Labute approximate surface area is 252 Å². The summed E-state index contributed by atoms with van der Waals surface area (Å²) in [7, 11) is 0. The third kappa shape index (κ3) is 4.03. The Balaban J connectivity index is 1.48. The second-order valence-corrected chi connectivity index (χ2v) is 11.4. The number of carbonyl (C=O) groups excluding carboxylic acids is 4. The van der Waals surface area contributed by atoms with Gasteiger partial charge in [-0.15, -0.1) is 0 Å². The number of rotatable bonds is 5. The van der Waals surface area contributed by atoms with Crippen molar-refractivity contribution in [3.8, 4) is 5.75 Å². The monoisotopic (exact) mass is 588 g/mol. The van der Waals surface area contributed by atoms with Crippen molar-refractivity contribution in [2.75, 3.05) is 10.2 Å². The van der Waals surface area contributed by atoms with Gasteiger partial charge in [-0.25, -0.2) is 0 Å². The molecule has 1 saturated heterocycles. The summed E-state index contributed by atoms with van der Waals surface area (Å²) >= 11 is 6.17. The van der Waals surface area contributed by atoms with Gasteiger partial charge in [-0.1, -0.05) is 60.2 Å². The van der Waals surface area contributed by atoms with Gasteiger partial charge in [0.05, 0.1) is 12.0 Å². The minimum atomic E-state index is -1.41. The van der Waals surface area contributed by atoms with Crippen molar-refractivity contribution in [3.05, 3.63) is 130 Å². The molecule has 1 fully saturated rings. The minimum Gasteiger partial charge on any atom is -0.427 e. The van der Waals surface area contributed by atoms with Crippen molar-refractivity contribution >= 4 is 52.5 Å². The van der Waals surface area contributed by atoms with Gasteiger partial charge in [0.2, 0.25) is 5.91 Å². The van der Waals surface area contributed by atoms with Crippen molar-refractivity contribution in [2.24, 2.45) is 5.92 Å². The highest BCUT2D eigenvalue weighted by Crippen LogP contribution is 2.58. The van der Waals surface area contributed by atoms with Crippen molar-refractivity contribution < 1.29 is 23.9 Å². The Bertz CT molecular complexity index is 1850. The predicted molar refractivity (Wildman–Crippen MR) is 164 cm³/mol. The Morgan fingerprint density at radius 1 is 0.837 bits per heavy atom. The summed E-state index contributed by atoms with van der Waals surface area (Å²) in [5, 5.41) is 3.49. The van der Waals surface area contributed by atoms with Crippen molar-refractivity contribution in [1.82, 2.24) is 0 Å². The average Bonchev–Trinajstić information content (AvgIpc) is 3.49. The average molecular weight is 589 g/mol. The molecule has 3 aliphatic rings. The van der Waals surface area contributed by atoms with Crippen molar-refractivity contribution in [2.45, 2.75) is 24.4 Å². The van der Waals surface area contributed by atoms with Crippen LogP contribution in [0.2, 0.25) is 5.02 Å². The van der Waals surface area contributed by atoms with E-state index in [-0.39, 0.29) is 17.5 Å². The molecule has 3 aliphatic heterocycles. The lowest BCUT2D eigenvalue weighted by Gasteiger charge is -2.37. The molecule has 4 aromatic carbocycles. The maximum absolute atomic E-state index is 14.8. The highest BCUT2D eigenvalue weighted by atomic mass is 35.5. The number of para-hydroxylation sites is 2. The number of ether oxygens (including phenoxy) is 1. The van der Waals surface area contributed by atoms with Crippen LogP contribution < -0.4 is 15.0 Å². The predicted octanol–water partition coefficient (Wildman–Crippen LogP) is 6.12. The second kappa shape index (κ2) is 10.1. The van der Waals surface area contributed by atoms with Crippen LogP contribution in [0.4, 0.5) is 11.4 Å². The SMILES string of the molecule is CC(=O)Oc1ccc(C(=O)C2C(C(=O)c3ccc(Cl)cc3)C3(C(=O)Nc4ccccc43)C3C=Cc4ccccc4N23)cc1. The quantitative estimate of drug-likeness (QED) is 0.171. The molecule has 0 aliphatic carbocycles. The fraction of sp³-hybridized carbons (Fsp3) is 0.143. The molecule has 3 heterocycles. The number of carbonyl (C=O) groups is 4. The summed E-state index contributed by atoms with van der Waals surface area (Å²) in [6, 6.07) is 26.1. The highest BCUT2D eigenvalue weighted by Gasteiger charge is 2.70. The summed E-state index contributed by atoms with van der Waals surface area (Å²) < 4.78 is 5.18. The lowest BCUT2D eigenvalue weighted by molar-refractivity contribution is -0.131. The lowest BCUT2D eigenvalue weighted by atomic mass is 9.64. The Kier molecular flexibility index (Phi) is 6.29. The molecule has 8 heteroatoms. The number of fused-ring (bicyclic) bond motifs is 6. The molecule has 1 amide bonds. The van der Waals surface area contributed by atoms with Gasteiger partial charge in [0.25, 0.3) is 0 Å². The van der Waals surface area contributed by atoms with E-state index in [1.807, 2.05) is 65.6 Å². The van der Waals surface area contributed by atoms with Crippen LogP contribution in [-0.2, 0) is 15.0 Å². The van der Waals surface area contributed by atoms with Gasteiger partial charge in [0, 0.05) is 34.4 Å².